The zero-order valence-electron chi connectivity index (χ0n) is 17.4. The van der Waals surface area contributed by atoms with Gasteiger partial charge in [-0.25, -0.2) is 0 Å². The molecule has 27 heavy (non-hydrogen) atoms. The fourth-order valence-electron chi connectivity index (χ4n) is 3.36. The number of carbonyl (C=O) groups excluding carboxylic acids is 1. The number of guanidine groups is 1. The summed E-state index contributed by atoms with van der Waals surface area (Å²) in [6.07, 6.45) is 3.97. The van der Waals surface area contributed by atoms with Crippen molar-refractivity contribution in [2.75, 3.05) is 26.2 Å². The second kappa shape index (κ2) is 11.0. The van der Waals surface area contributed by atoms with Crippen molar-refractivity contribution in [2.24, 2.45) is 10.9 Å². The average molecular weight is 373 g/mol. The molecule has 1 aromatic rings. The Hall–Kier alpha value is -2.04. The second-order valence-corrected chi connectivity index (χ2v) is 7.58. The van der Waals surface area contributed by atoms with E-state index >= 15 is 0 Å². The molecule has 5 nitrogen and oxygen atoms in total. The summed E-state index contributed by atoms with van der Waals surface area (Å²) >= 11 is 0. The van der Waals surface area contributed by atoms with Crippen LogP contribution in [0.25, 0.3) is 0 Å². The molecule has 1 aliphatic heterocycles. The standard InChI is InChI=1S/C22H36N4O/c1-5-18-7-9-19(10-8-18)11-14-24-22(23-6-2)25-20-12-15-26(16-13-20)21(27)17(3)4/h7-10,17,20H,5-6,11-16H2,1-4H3,(H2,23,24,25). The number of hydrogen-bond donors (Lipinski definition) is 2. The molecule has 2 N–H and O–H groups in total. The molecule has 0 unspecified atom stereocenters. The Bertz CT molecular complexity index is 601. The van der Waals surface area contributed by atoms with E-state index in [2.05, 4.69) is 48.7 Å². The smallest absolute Gasteiger partial charge is 0.225 e. The molecule has 5 heteroatoms. The first-order valence-corrected chi connectivity index (χ1v) is 10.4. The normalized spacial score (nSPS) is 15.9. The summed E-state index contributed by atoms with van der Waals surface area (Å²) in [6, 6.07) is 9.19. The first-order chi connectivity index (χ1) is 13.0. The Kier molecular flexibility index (Phi) is 8.62. The van der Waals surface area contributed by atoms with E-state index in [9.17, 15) is 4.79 Å². The summed E-state index contributed by atoms with van der Waals surface area (Å²) in [6.45, 7) is 11.5. The van der Waals surface area contributed by atoms with E-state index in [0.29, 0.717) is 6.04 Å². The topological polar surface area (TPSA) is 56.7 Å². The number of likely N-dealkylation sites (tertiary alicyclic amines) is 1. The predicted molar refractivity (Wildman–Crippen MR) is 113 cm³/mol. The van der Waals surface area contributed by atoms with E-state index < -0.39 is 0 Å². The van der Waals surface area contributed by atoms with Gasteiger partial charge < -0.3 is 15.5 Å². The maximum absolute atomic E-state index is 12.1. The van der Waals surface area contributed by atoms with Gasteiger partial charge in [0.25, 0.3) is 0 Å². The molecule has 0 radical (unpaired) electrons. The minimum absolute atomic E-state index is 0.0831. The van der Waals surface area contributed by atoms with Crippen LogP contribution in [0.4, 0.5) is 0 Å². The molecule has 0 aliphatic carbocycles. The molecule has 1 amide bonds. The van der Waals surface area contributed by atoms with E-state index in [1.165, 1.54) is 11.1 Å². The van der Waals surface area contributed by atoms with Crippen LogP contribution in [0, 0.1) is 5.92 Å². The van der Waals surface area contributed by atoms with Gasteiger partial charge in [0.1, 0.15) is 0 Å². The van der Waals surface area contributed by atoms with Crippen molar-refractivity contribution in [1.82, 2.24) is 15.5 Å². The van der Waals surface area contributed by atoms with Crippen molar-refractivity contribution in [2.45, 2.75) is 59.4 Å². The highest BCUT2D eigenvalue weighted by Gasteiger charge is 2.24. The van der Waals surface area contributed by atoms with Crippen LogP contribution in [-0.2, 0) is 17.6 Å². The van der Waals surface area contributed by atoms with E-state index in [-0.39, 0.29) is 11.8 Å². The molecule has 0 bridgehead atoms. The number of rotatable bonds is 7. The second-order valence-electron chi connectivity index (χ2n) is 7.58. The van der Waals surface area contributed by atoms with E-state index in [0.717, 1.165) is 57.8 Å². The Balaban J connectivity index is 1.82. The van der Waals surface area contributed by atoms with Crippen molar-refractivity contribution >= 4 is 11.9 Å². The number of benzene rings is 1. The highest BCUT2D eigenvalue weighted by molar-refractivity contribution is 5.80. The molecule has 150 valence electrons. The van der Waals surface area contributed by atoms with Crippen molar-refractivity contribution in [1.29, 1.82) is 0 Å². The Morgan fingerprint density at radius 2 is 1.78 bits per heavy atom. The lowest BCUT2D eigenvalue weighted by Crippen LogP contribution is -2.50. The van der Waals surface area contributed by atoms with Gasteiger partial charge in [-0.3, -0.25) is 9.79 Å². The Morgan fingerprint density at radius 1 is 1.15 bits per heavy atom. The van der Waals surface area contributed by atoms with Crippen LogP contribution in [0.2, 0.25) is 0 Å². The highest BCUT2D eigenvalue weighted by atomic mass is 16.2. The summed E-state index contributed by atoms with van der Waals surface area (Å²) in [4.78, 5) is 18.8. The van der Waals surface area contributed by atoms with Gasteiger partial charge in [0.05, 0.1) is 0 Å². The average Bonchev–Trinajstić information content (AvgIpc) is 2.68. The summed E-state index contributed by atoms with van der Waals surface area (Å²) in [5, 5.41) is 6.90. The van der Waals surface area contributed by atoms with Crippen LogP contribution >= 0.6 is 0 Å². The Labute approximate surface area is 164 Å². The number of aryl methyl sites for hydroxylation is 1. The highest BCUT2D eigenvalue weighted by Crippen LogP contribution is 2.13. The van der Waals surface area contributed by atoms with Gasteiger partial charge >= 0.3 is 0 Å². The number of carbonyl (C=O) groups is 1. The predicted octanol–water partition coefficient (Wildman–Crippen LogP) is 2.99. The van der Waals surface area contributed by atoms with Crippen molar-refractivity contribution in [3.8, 4) is 0 Å². The monoisotopic (exact) mass is 372 g/mol. The number of piperidine rings is 1. The van der Waals surface area contributed by atoms with Gasteiger partial charge in [-0.1, -0.05) is 45.0 Å². The van der Waals surface area contributed by atoms with Gasteiger partial charge in [-0.05, 0) is 43.7 Å². The van der Waals surface area contributed by atoms with Crippen LogP contribution < -0.4 is 10.6 Å². The third kappa shape index (κ3) is 6.89. The van der Waals surface area contributed by atoms with E-state index in [4.69, 9.17) is 4.99 Å². The van der Waals surface area contributed by atoms with Gasteiger partial charge in [-0.2, -0.15) is 0 Å². The van der Waals surface area contributed by atoms with Gasteiger partial charge in [0, 0.05) is 38.1 Å². The summed E-state index contributed by atoms with van der Waals surface area (Å²) in [5.41, 5.74) is 2.70. The van der Waals surface area contributed by atoms with Crippen molar-refractivity contribution < 1.29 is 4.79 Å². The zero-order chi connectivity index (χ0) is 19.6. The minimum atomic E-state index is 0.0831. The number of amides is 1. The third-order valence-corrected chi connectivity index (χ3v) is 5.09. The van der Waals surface area contributed by atoms with Crippen LogP contribution in [0.1, 0.15) is 51.7 Å². The number of hydrogen-bond acceptors (Lipinski definition) is 2. The molecule has 2 rings (SSSR count). The van der Waals surface area contributed by atoms with Gasteiger partial charge in [0.2, 0.25) is 5.91 Å². The molecule has 0 spiro atoms. The fourth-order valence-corrected chi connectivity index (χ4v) is 3.36. The molecule has 1 fully saturated rings. The lowest BCUT2D eigenvalue weighted by atomic mass is 10.0. The first kappa shape index (κ1) is 21.3. The number of aliphatic imine (C=N–C) groups is 1. The molecule has 1 aromatic carbocycles. The summed E-state index contributed by atoms with van der Waals surface area (Å²) in [5.74, 6) is 1.24. The lowest BCUT2D eigenvalue weighted by Gasteiger charge is -2.34. The van der Waals surface area contributed by atoms with Gasteiger partial charge in [0.15, 0.2) is 5.96 Å². The minimum Gasteiger partial charge on any atom is -0.357 e. The molecule has 1 heterocycles. The quantitative estimate of drug-likeness (QED) is 0.571. The SMILES string of the molecule is CCNC(=NCCc1ccc(CC)cc1)NC1CCN(C(=O)C(C)C)CC1. The Morgan fingerprint density at radius 3 is 2.33 bits per heavy atom. The fraction of sp³-hybridized carbons (Fsp3) is 0.636. The van der Waals surface area contributed by atoms with Gasteiger partial charge in [-0.15, -0.1) is 0 Å². The van der Waals surface area contributed by atoms with E-state index in [1.54, 1.807) is 0 Å². The van der Waals surface area contributed by atoms with Crippen LogP contribution in [0.5, 0.6) is 0 Å². The molecule has 1 aliphatic rings. The van der Waals surface area contributed by atoms with Crippen LogP contribution in [0.15, 0.2) is 29.3 Å². The van der Waals surface area contributed by atoms with Crippen LogP contribution in [0.3, 0.4) is 0 Å². The third-order valence-electron chi connectivity index (χ3n) is 5.09. The molecule has 0 aromatic heterocycles. The van der Waals surface area contributed by atoms with Crippen molar-refractivity contribution in [3.05, 3.63) is 35.4 Å². The molecule has 0 atom stereocenters. The maximum Gasteiger partial charge on any atom is 0.225 e. The van der Waals surface area contributed by atoms with Crippen LogP contribution in [-0.4, -0.2) is 49.0 Å². The number of nitrogens with zero attached hydrogens (tertiary/aromatic N) is 2. The maximum atomic E-state index is 12.1. The van der Waals surface area contributed by atoms with Crippen molar-refractivity contribution in [3.63, 3.8) is 0 Å². The number of nitrogens with one attached hydrogen (secondary N) is 2. The zero-order valence-corrected chi connectivity index (χ0v) is 17.4. The molecule has 1 saturated heterocycles. The molecule has 0 saturated carbocycles. The largest absolute Gasteiger partial charge is 0.357 e. The summed E-state index contributed by atoms with van der Waals surface area (Å²) < 4.78 is 0. The first-order valence-electron chi connectivity index (χ1n) is 10.4. The summed E-state index contributed by atoms with van der Waals surface area (Å²) in [7, 11) is 0. The van der Waals surface area contributed by atoms with E-state index in [1.807, 2.05) is 18.7 Å². The molecular formula is C22H36N4O. The molecular weight excluding hydrogens is 336 g/mol. The lowest BCUT2D eigenvalue weighted by molar-refractivity contribution is -0.135.